The first-order valence-electron chi connectivity index (χ1n) is 4.97. The minimum Gasteiger partial charge on any atom is -0.496 e. The number of carbonyl (C=O) groups is 1. The van der Waals surface area contributed by atoms with Crippen LogP contribution in [0.2, 0.25) is 0 Å². The summed E-state index contributed by atoms with van der Waals surface area (Å²) in [6.45, 7) is 1.85. The number of methoxy groups -OCH3 is 1. The average Bonchev–Trinajstić information content (AvgIpc) is 2.66. The first-order chi connectivity index (χ1) is 7.69. The number of ether oxygens (including phenoxy) is 1. The van der Waals surface area contributed by atoms with Gasteiger partial charge < -0.3 is 14.5 Å². The van der Waals surface area contributed by atoms with E-state index in [2.05, 4.69) is 5.32 Å². The summed E-state index contributed by atoms with van der Waals surface area (Å²) < 4.78 is 10.7. The molecular weight excluding hydrogens is 206 g/mol. The van der Waals surface area contributed by atoms with E-state index in [0.717, 1.165) is 10.9 Å². The highest BCUT2D eigenvalue weighted by Gasteiger charge is 2.18. The Labute approximate surface area is 93.2 Å². The van der Waals surface area contributed by atoms with Crippen LogP contribution < -0.4 is 10.1 Å². The third-order valence-electron chi connectivity index (χ3n) is 2.57. The van der Waals surface area contributed by atoms with Gasteiger partial charge in [0.05, 0.1) is 12.5 Å². The topological polar surface area (TPSA) is 51.5 Å². The Hall–Kier alpha value is -1.97. The largest absolute Gasteiger partial charge is 0.496 e. The van der Waals surface area contributed by atoms with E-state index in [1.807, 2.05) is 25.1 Å². The molecule has 2 aromatic rings. The maximum Gasteiger partial charge on any atom is 0.287 e. The molecule has 1 heterocycles. The summed E-state index contributed by atoms with van der Waals surface area (Å²) in [5.41, 5.74) is 1.46. The van der Waals surface area contributed by atoms with Gasteiger partial charge in [-0.2, -0.15) is 0 Å². The Kier molecular flexibility index (Phi) is 2.56. The van der Waals surface area contributed by atoms with E-state index in [1.54, 1.807) is 14.2 Å². The highest BCUT2D eigenvalue weighted by atomic mass is 16.5. The van der Waals surface area contributed by atoms with Gasteiger partial charge in [-0.25, -0.2) is 0 Å². The molecule has 84 valence electrons. The molecule has 0 aliphatic carbocycles. The minimum absolute atomic E-state index is 0.226. The van der Waals surface area contributed by atoms with Crippen molar-refractivity contribution in [2.45, 2.75) is 6.92 Å². The molecular formula is C12H13NO3. The number of carbonyl (C=O) groups excluding carboxylic acids is 1. The second-order valence-electron chi connectivity index (χ2n) is 3.47. The minimum atomic E-state index is -0.226. The first kappa shape index (κ1) is 10.5. The molecule has 0 fully saturated rings. The Balaban J connectivity index is 2.73. The predicted molar refractivity (Wildman–Crippen MR) is 60.9 cm³/mol. The van der Waals surface area contributed by atoms with Crippen LogP contribution in [0.4, 0.5) is 0 Å². The normalized spacial score (nSPS) is 10.4. The van der Waals surface area contributed by atoms with Gasteiger partial charge in [0.2, 0.25) is 0 Å². The highest BCUT2D eigenvalue weighted by Crippen LogP contribution is 2.32. The van der Waals surface area contributed by atoms with Crippen LogP contribution in [0.5, 0.6) is 5.75 Å². The number of furan rings is 1. The SMILES string of the molecule is CNC(=O)c1oc2cccc(OC)c2c1C. The van der Waals surface area contributed by atoms with Gasteiger partial charge in [0, 0.05) is 12.6 Å². The fourth-order valence-electron chi connectivity index (χ4n) is 1.77. The standard InChI is InChI=1S/C12H13NO3/c1-7-10-8(15-3)5-4-6-9(10)16-11(7)12(14)13-2/h4-6H,1-3H3,(H,13,14). The summed E-state index contributed by atoms with van der Waals surface area (Å²) in [4.78, 5) is 11.6. The Bertz CT molecular complexity index is 542. The van der Waals surface area contributed by atoms with Gasteiger partial charge >= 0.3 is 0 Å². The maximum absolute atomic E-state index is 11.6. The number of benzene rings is 1. The smallest absolute Gasteiger partial charge is 0.287 e. The van der Waals surface area contributed by atoms with Crippen molar-refractivity contribution < 1.29 is 13.9 Å². The van der Waals surface area contributed by atoms with Gasteiger partial charge in [-0.15, -0.1) is 0 Å². The van der Waals surface area contributed by atoms with Gasteiger partial charge in [-0.05, 0) is 19.1 Å². The second-order valence-corrected chi connectivity index (χ2v) is 3.47. The van der Waals surface area contributed by atoms with Crippen LogP contribution in [0.1, 0.15) is 16.1 Å². The van der Waals surface area contributed by atoms with Crippen LogP contribution in [-0.4, -0.2) is 20.1 Å². The van der Waals surface area contributed by atoms with E-state index in [0.29, 0.717) is 17.1 Å². The zero-order valence-electron chi connectivity index (χ0n) is 9.46. The van der Waals surface area contributed by atoms with Crippen molar-refractivity contribution in [3.8, 4) is 5.75 Å². The van der Waals surface area contributed by atoms with Crippen LogP contribution in [0, 0.1) is 6.92 Å². The fraction of sp³-hybridized carbons (Fsp3) is 0.250. The van der Waals surface area contributed by atoms with Crippen LogP contribution in [0.15, 0.2) is 22.6 Å². The third kappa shape index (κ3) is 1.43. The molecule has 0 aliphatic rings. The number of aryl methyl sites for hydroxylation is 1. The summed E-state index contributed by atoms with van der Waals surface area (Å²) in [5, 5.41) is 3.40. The van der Waals surface area contributed by atoms with Gasteiger partial charge in [-0.1, -0.05) is 6.07 Å². The van der Waals surface area contributed by atoms with Crippen molar-refractivity contribution in [3.05, 3.63) is 29.5 Å². The molecule has 0 spiro atoms. The van der Waals surface area contributed by atoms with Crippen molar-refractivity contribution >= 4 is 16.9 Å². The van der Waals surface area contributed by atoms with Crippen molar-refractivity contribution in [2.75, 3.05) is 14.2 Å². The van der Waals surface area contributed by atoms with Crippen molar-refractivity contribution in [1.82, 2.24) is 5.32 Å². The van der Waals surface area contributed by atoms with Crippen LogP contribution in [-0.2, 0) is 0 Å². The summed E-state index contributed by atoms with van der Waals surface area (Å²) in [6.07, 6.45) is 0. The van der Waals surface area contributed by atoms with E-state index >= 15 is 0 Å². The summed E-state index contributed by atoms with van der Waals surface area (Å²) in [7, 11) is 3.17. The van der Waals surface area contributed by atoms with E-state index in [4.69, 9.17) is 9.15 Å². The molecule has 1 N–H and O–H groups in total. The number of amides is 1. The van der Waals surface area contributed by atoms with Crippen LogP contribution >= 0.6 is 0 Å². The highest BCUT2D eigenvalue weighted by molar-refractivity contribution is 6.00. The molecule has 2 rings (SSSR count). The Morgan fingerprint density at radius 2 is 2.19 bits per heavy atom. The molecule has 0 aliphatic heterocycles. The molecule has 0 bridgehead atoms. The summed E-state index contributed by atoms with van der Waals surface area (Å²) in [5.74, 6) is 0.826. The van der Waals surface area contributed by atoms with Crippen LogP contribution in [0.25, 0.3) is 11.0 Å². The van der Waals surface area contributed by atoms with E-state index in [1.165, 1.54) is 0 Å². The molecule has 0 saturated heterocycles. The lowest BCUT2D eigenvalue weighted by Gasteiger charge is -2.00. The van der Waals surface area contributed by atoms with Gasteiger partial charge in [0.15, 0.2) is 5.76 Å². The number of hydrogen-bond acceptors (Lipinski definition) is 3. The summed E-state index contributed by atoms with van der Waals surface area (Å²) in [6, 6.07) is 5.49. The van der Waals surface area contributed by atoms with E-state index in [9.17, 15) is 4.79 Å². The lowest BCUT2D eigenvalue weighted by molar-refractivity contribution is 0.0937. The average molecular weight is 219 g/mol. The fourth-order valence-corrected chi connectivity index (χ4v) is 1.77. The zero-order valence-corrected chi connectivity index (χ0v) is 9.46. The third-order valence-corrected chi connectivity index (χ3v) is 2.57. The molecule has 0 radical (unpaired) electrons. The van der Waals surface area contributed by atoms with Crippen molar-refractivity contribution in [2.24, 2.45) is 0 Å². The predicted octanol–water partition coefficient (Wildman–Crippen LogP) is 2.11. The Morgan fingerprint density at radius 3 is 2.81 bits per heavy atom. The Morgan fingerprint density at radius 1 is 1.44 bits per heavy atom. The number of nitrogens with one attached hydrogen (secondary N) is 1. The molecule has 0 saturated carbocycles. The molecule has 0 unspecified atom stereocenters. The number of fused-ring (bicyclic) bond motifs is 1. The maximum atomic E-state index is 11.6. The van der Waals surface area contributed by atoms with Gasteiger partial charge in [-0.3, -0.25) is 4.79 Å². The van der Waals surface area contributed by atoms with Crippen molar-refractivity contribution in [1.29, 1.82) is 0 Å². The monoisotopic (exact) mass is 219 g/mol. The van der Waals surface area contributed by atoms with E-state index in [-0.39, 0.29) is 5.91 Å². The lowest BCUT2D eigenvalue weighted by atomic mass is 10.1. The molecule has 1 aromatic heterocycles. The number of rotatable bonds is 2. The first-order valence-corrected chi connectivity index (χ1v) is 4.97. The molecule has 16 heavy (non-hydrogen) atoms. The van der Waals surface area contributed by atoms with Gasteiger partial charge in [0.25, 0.3) is 5.91 Å². The van der Waals surface area contributed by atoms with E-state index < -0.39 is 0 Å². The lowest BCUT2D eigenvalue weighted by Crippen LogP contribution is -2.17. The van der Waals surface area contributed by atoms with Crippen molar-refractivity contribution in [3.63, 3.8) is 0 Å². The quantitative estimate of drug-likeness (QED) is 0.841. The number of hydrogen-bond donors (Lipinski definition) is 1. The molecule has 0 atom stereocenters. The molecule has 1 aromatic carbocycles. The van der Waals surface area contributed by atoms with Crippen LogP contribution in [0.3, 0.4) is 0 Å². The molecule has 4 heteroatoms. The van der Waals surface area contributed by atoms with Gasteiger partial charge in [0.1, 0.15) is 11.3 Å². The summed E-state index contributed by atoms with van der Waals surface area (Å²) >= 11 is 0. The second kappa shape index (κ2) is 3.89. The zero-order chi connectivity index (χ0) is 11.7. The molecule has 1 amide bonds. The molecule has 4 nitrogen and oxygen atoms in total.